The van der Waals surface area contributed by atoms with Crippen molar-refractivity contribution in [3.8, 4) is 0 Å². The van der Waals surface area contributed by atoms with E-state index in [9.17, 15) is 4.79 Å². The number of aromatic nitrogens is 2. The summed E-state index contributed by atoms with van der Waals surface area (Å²) in [5.74, 6) is -0.0497. The van der Waals surface area contributed by atoms with E-state index >= 15 is 0 Å². The fraction of sp³-hybridized carbons (Fsp3) is 0.409. The highest BCUT2D eigenvalue weighted by molar-refractivity contribution is 6.10. The Morgan fingerprint density at radius 1 is 0.931 bits per heavy atom. The molecule has 1 aliphatic heterocycles. The van der Waals surface area contributed by atoms with Crippen LogP contribution in [0.3, 0.4) is 0 Å². The Bertz CT molecular complexity index is 898. The van der Waals surface area contributed by atoms with Gasteiger partial charge >= 0.3 is 6.09 Å². The summed E-state index contributed by atoms with van der Waals surface area (Å²) in [5, 5.41) is 11.8. The Morgan fingerprint density at radius 3 is 2.24 bits per heavy atom. The monoisotopic (exact) mass is 391 g/mol. The van der Waals surface area contributed by atoms with Crippen LogP contribution in [0.1, 0.15) is 43.5 Å². The molecule has 3 unspecified atom stereocenters. The summed E-state index contributed by atoms with van der Waals surface area (Å²) in [4.78, 5) is 21.1. The van der Waals surface area contributed by atoms with Gasteiger partial charge in [0.2, 0.25) is 0 Å². The highest BCUT2D eigenvalue weighted by Crippen LogP contribution is 2.37. The van der Waals surface area contributed by atoms with Crippen molar-refractivity contribution in [1.82, 2.24) is 15.3 Å². The van der Waals surface area contributed by atoms with Crippen LogP contribution < -0.4 is 5.32 Å². The molecule has 3 heterocycles. The number of carbonyl (C=O) groups excluding carboxylic acids is 1. The molecule has 29 heavy (non-hydrogen) atoms. The molecular formula is C22H25N5O2. The van der Waals surface area contributed by atoms with Crippen LogP contribution in [0.15, 0.2) is 59.0 Å². The van der Waals surface area contributed by atoms with Gasteiger partial charge in [-0.2, -0.15) is 10.2 Å². The second-order valence-electron chi connectivity index (χ2n) is 7.36. The third-order valence-corrected chi connectivity index (χ3v) is 5.59. The van der Waals surface area contributed by atoms with E-state index in [1.165, 1.54) is 0 Å². The van der Waals surface area contributed by atoms with Crippen LogP contribution in [0, 0.1) is 11.8 Å². The van der Waals surface area contributed by atoms with Gasteiger partial charge in [0.1, 0.15) is 6.10 Å². The maximum absolute atomic E-state index is 12.1. The Morgan fingerprint density at radius 2 is 1.59 bits per heavy atom. The Balaban J connectivity index is 1.81. The molecule has 1 amide bonds. The van der Waals surface area contributed by atoms with Gasteiger partial charge in [0.05, 0.1) is 28.7 Å². The molecule has 0 radical (unpaired) electrons. The molecule has 2 aromatic rings. The van der Waals surface area contributed by atoms with Gasteiger partial charge < -0.3 is 10.1 Å². The summed E-state index contributed by atoms with van der Waals surface area (Å²) in [6.45, 7) is 0. The molecule has 2 aliphatic rings. The number of nitrogens with zero attached hydrogens (tertiary/aromatic N) is 4. The summed E-state index contributed by atoms with van der Waals surface area (Å²) in [6, 6.07) is 11.6. The minimum Gasteiger partial charge on any atom is -0.446 e. The summed E-state index contributed by atoms with van der Waals surface area (Å²) in [7, 11) is 1.58. The van der Waals surface area contributed by atoms with Gasteiger partial charge in [-0.15, -0.1) is 0 Å². The molecule has 7 heteroatoms. The van der Waals surface area contributed by atoms with Crippen molar-refractivity contribution in [3.05, 3.63) is 60.2 Å². The lowest BCUT2D eigenvalue weighted by atomic mass is 9.72. The van der Waals surface area contributed by atoms with E-state index in [4.69, 9.17) is 4.74 Å². The smallest absolute Gasteiger partial charge is 0.407 e. The third kappa shape index (κ3) is 4.18. The number of hydrogen-bond acceptors (Lipinski definition) is 6. The predicted molar refractivity (Wildman–Crippen MR) is 111 cm³/mol. The van der Waals surface area contributed by atoms with Crippen molar-refractivity contribution in [1.29, 1.82) is 0 Å². The molecular weight excluding hydrogens is 366 g/mol. The van der Waals surface area contributed by atoms with Gasteiger partial charge in [-0.1, -0.05) is 25.0 Å². The number of pyridine rings is 2. The average Bonchev–Trinajstić information content (AvgIpc) is 2.77. The van der Waals surface area contributed by atoms with Crippen LogP contribution in [0.25, 0.3) is 0 Å². The largest absolute Gasteiger partial charge is 0.446 e. The highest BCUT2D eigenvalue weighted by Gasteiger charge is 2.42. The fourth-order valence-electron chi connectivity index (χ4n) is 4.25. The van der Waals surface area contributed by atoms with Crippen molar-refractivity contribution in [2.75, 3.05) is 7.05 Å². The number of fused-ring (bicyclic) bond motifs is 1. The molecule has 0 aromatic carbocycles. The number of nitrogens with one attached hydrogen (secondary N) is 1. The Labute approximate surface area is 170 Å². The summed E-state index contributed by atoms with van der Waals surface area (Å²) >= 11 is 0. The normalized spacial score (nSPS) is 24.2. The molecule has 150 valence electrons. The van der Waals surface area contributed by atoms with E-state index in [2.05, 4.69) is 25.5 Å². The van der Waals surface area contributed by atoms with E-state index < -0.39 is 6.09 Å². The van der Waals surface area contributed by atoms with E-state index in [1.807, 2.05) is 36.4 Å². The number of rotatable bonds is 3. The molecule has 1 saturated carbocycles. The van der Waals surface area contributed by atoms with Gasteiger partial charge in [-0.05, 0) is 43.5 Å². The van der Waals surface area contributed by atoms with E-state index in [1.54, 1.807) is 19.4 Å². The summed E-state index contributed by atoms with van der Waals surface area (Å²) in [5.41, 5.74) is 3.25. The standard InChI is InChI=1S/C22H25N5O2/c1-23-22(28)29-18-12-4-2-3-9-15-19(18)21(17-11-6-8-14-25-17)27-26-20(15)16-10-5-7-13-24-16/h5-8,10-11,13-15,18-19H,2-4,9,12H2,1H3,(H,23,28). The molecule has 1 fully saturated rings. The predicted octanol–water partition coefficient (Wildman–Crippen LogP) is 3.60. The Kier molecular flexibility index (Phi) is 5.93. The lowest BCUT2D eigenvalue weighted by Gasteiger charge is -2.37. The molecule has 7 nitrogen and oxygen atoms in total. The lowest BCUT2D eigenvalue weighted by molar-refractivity contribution is 0.0592. The minimum absolute atomic E-state index is 0.0642. The van der Waals surface area contributed by atoms with Gasteiger partial charge in [0.15, 0.2) is 0 Å². The molecule has 0 spiro atoms. The topological polar surface area (TPSA) is 88.8 Å². The van der Waals surface area contributed by atoms with Crippen LogP contribution in [0.5, 0.6) is 0 Å². The van der Waals surface area contributed by atoms with Crippen molar-refractivity contribution < 1.29 is 9.53 Å². The number of alkyl carbamates (subject to hydrolysis) is 1. The third-order valence-electron chi connectivity index (χ3n) is 5.59. The van der Waals surface area contributed by atoms with Gasteiger partial charge in [0.25, 0.3) is 0 Å². The van der Waals surface area contributed by atoms with Gasteiger partial charge in [0, 0.05) is 25.4 Å². The maximum atomic E-state index is 12.1. The zero-order valence-electron chi connectivity index (χ0n) is 16.5. The first-order valence-electron chi connectivity index (χ1n) is 10.1. The van der Waals surface area contributed by atoms with Crippen LogP contribution >= 0.6 is 0 Å². The Hall–Kier alpha value is -3.09. The number of carbonyl (C=O) groups is 1. The number of ether oxygens (including phenoxy) is 1. The number of amides is 1. The molecule has 3 atom stereocenters. The highest BCUT2D eigenvalue weighted by atomic mass is 16.6. The van der Waals surface area contributed by atoms with Crippen molar-refractivity contribution in [2.45, 2.75) is 38.2 Å². The minimum atomic E-state index is -0.420. The van der Waals surface area contributed by atoms with Crippen molar-refractivity contribution in [2.24, 2.45) is 22.0 Å². The van der Waals surface area contributed by atoms with Crippen LogP contribution in [-0.4, -0.2) is 40.6 Å². The zero-order chi connectivity index (χ0) is 20.1. The number of hydrogen-bond donors (Lipinski definition) is 1. The SMILES string of the molecule is CNC(=O)OC1CCCCCC2C(c3ccccn3)=NN=C(c3ccccn3)C12. The quantitative estimate of drug-likeness (QED) is 0.866. The molecule has 2 aromatic heterocycles. The van der Waals surface area contributed by atoms with E-state index in [0.717, 1.165) is 54.9 Å². The van der Waals surface area contributed by atoms with Gasteiger partial charge in [-0.3, -0.25) is 9.97 Å². The second kappa shape index (κ2) is 8.94. The zero-order valence-corrected chi connectivity index (χ0v) is 16.5. The summed E-state index contributed by atoms with van der Waals surface area (Å²) in [6.07, 6.45) is 7.74. The van der Waals surface area contributed by atoms with Crippen LogP contribution in [0.4, 0.5) is 4.79 Å². The lowest BCUT2D eigenvalue weighted by Crippen LogP contribution is -2.45. The van der Waals surface area contributed by atoms with Crippen molar-refractivity contribution in [3.63, 3.8) is 0 Å². The fourth-order valence-corrected chi connectivity index (χ4v) is 4.25. The van der Waals surface area contributed by atoms with Gasteiger partial charge in [-0.25, -0.2) is 4.79 Å². The first-order valence-corrected chi connectivity index (χ1v) is 10.1. The average molecular weight is 391 g/mol. The molecule has 0 bridgehead atoms. The van der Waals surface area contributed by atoms with Crippen LogP contribution in [-0.2, 0) is 4.74 Å². The summed E-state index contributed by atoms with van der Waals surface area (Å²) < 4.78 is 5.85. The second-order valence-corrected chi connectivity index (χ2v) is 7.36. The first kappa shape index (κ1) is 19.2. The van der Waals surface area contributed by atoms with E-state index in [-0.39, 0.29) is 17.9 Å². The maximum Gasteiger partial charge on any atom is 0.407 e. The molecule has 4 rings (SSSR count). The molecule has 1 aliphatic carbocycles. The molecule has 1 N–H and O–H groups in total. The van der Waals surface area contributed by atoms with Crippen molar-refractivity contribution >= 4 is 17.5 Å². The molecule has 0 saturated heterocycles. The van der Waals surface area contributed by atoms with E-state index in [0.29, 0.717) is 0 Å². The first-order chi connectivity index (χ1) is 14.3. The van der Waals surface area contributed by atoms with Crippen LogP contribution in [0.2, 0.25) is 0 Å².